The maximum Gasteiger partial charge on any atom is 0.508 e. The van der Waals surface area contributed by atoms with E-state index >= 15 is 0 Å². The zero-order valence-corrected chi connectivity index (χ0v) is 15.2. The Balaban J connectivity index is 1.95. The van der Waals surface area contributed by atoms with Crippen LogP contribution >= 0.6 is 0 Å². The van der Waals surface area contributed by atoms with Crippen molar-refractivity contribution in [2.24, 2.45) is 16.1 Å². The minimum absolute atomic E-state index is 0.0242. The van der Waals surface area contributed by atoms with Gasteiger partial charge in [0.1, 0.15) is 12.7 Å². The van der Waals surface area contributed by atoms with Gasteiger partial charge in [-0.25, -0.2) is 4.79 Å². The average Bonchev–Trinajstić information content (AvgIpc) is 2.91. The highest BCUT2D eigenvalue weighted by atomic mass is 16.7. The lowest BCUT2D eigenvalue weighted by Gasteiger charge is -2.25. The smallest absolute Gasteiger partial charge is 0.431 e. The lowest BCUT2D eigenvalue weighted by molar-refractivity contribution is 0.0125. The molecule has 0 N–H and O–H groups in total. The van der Waals surface area contributed by atoms with Crippen LogP contribution in [0, 0.1) is 5.92 Å². The summed E-state index contributed by atoms with van der Waals surface area (Å²) in [6, 6.07) is 9.16. The van der Waals surface area contributed by atoms with Gasteiger partial charge in [0.05, 0.1) is 6.54 Å². The molecular formula is C18H24N6O3. The third kappa shape index (κ3) is 7.48. The molecule has 27 heavy (non-hydrogen) atoms. The van der Waals surface area contributed by atoms with Crippen molar-refractivity contribution in [3.8, 4) is 0 Å². The van der Waals surface area contributed by atoms with Crippen LogP contribution in [0.2, 0.25) is 0 Å². The Morgan fingerprint density at radius 3 is 2.67 bits per heavy atom. The molecule has 1 fully saturated rings. The summed E-state index contributed by atoms with van der Waals surface area (Å²) in [5.74, 6) is 0.0872. The average molecular weight is 372 g/mol. The summed E-state index contributed by atoms with van der Waals surface area (Å²) in [4.78, 5) is 17.8. The van der Waals surface area contributed by atoms with Gasteiger partial charge < -0.3 is 9.47 Å². The van der Waals surface area contributed by atoms with Crippen molar-refractivity contribution in [2.45, 2.75) is 57.3 Å². The van der Waals surface area contributed by atoms with Crippen LogP contribution in [0.25, 0.3) is 20.9 Å². The standard InChI is InChI=1S/C18H24N6O3/c19-23-21-12-16(11-15-9-5-2-6-10-17(15)22-24-20)27-18(25)26-13-14-7-3-1-4-8-14/h1,3-4,7-8,15-17H,2,5-6,9-13H2/t15-,16-,17+/m0/s1. The van der Waals surface area contributed by atoms with Crippen LogP contribution in [-0.4, -0.2) is 24.8 Å². The molecule has 1 saturated carbocycles. The number of hydrogen-bond acceptors (Lipinski definition) is 5. The lowest BCUT2D eigenvalue weighted by Crippen LogP contribution is -2.28. The molecule has 0 heterocycles. The van der Waals surface area contributed by atoms with Gasteiger partial charge in [0.25, 0.3) is 0 Å². The second kappa shape index (κ2) is 11.7. The Morgan fingerprint density at radius 1 is 1.15 bits per heavy atom. The predicted molar refractivity (Wildman–Crippen MR) is 99.6 cm³/mol. The summed E-state index contributed by atoms with van der Waals surface area (Å²) >= 11 is 0. The number of hydrogen-bond donors (Lipinski definition) is 0. The molecule has 0 bridgehead atoms. The zero-order chi connectivity index (χ0) is 19.3. The van der Waals surface area contributed by atoms with E-state index in [1.165, 1.54) is 0 Å². The normalized spacial score (nSPS) is 20.3. The van der Waals surface area contributed by atoms with Crippen molar-refractivity contribution in [3.63, 3.8) is 0 Å². The first kappa shape index (κ1) is 20.4. The van der Waals surface area contributed by atoms with Gasteiger partial charge in [0.2, 0.25) is 0 Å². The lowest BCUT2D eigenvalue weighted by atomic mass is 9.89. The summed E-state index contributed by atoms with van der Waals surface area (Å²) in [6.07, 6.45) is 3.92. The van der Waals surface area contributed by atoms with Gasteiger partial charge in [-0.15, -0.1) is 0 Å². The fraction of sp³-hybridized carbons (Fsp3) is 0.611. The monoisotopic (exact) mass is 372 g/mol. The number of carbonyl (C=O) groups excluding carboxylic acids is 1. The Bertz CT molecular complexity index is 686. The molecular weight excluding hydrogens is 348 g/mol. The molecule has 0 unspecified atom stereocenters. The van der Waals surface area contributed by atoms with Gasteiger partial charge in [0.15, 0.2) is 0 Å². The molecule has 1 aromatic carbocycles. The molecule has 1 aliphatic carbocycles. The van der Waals surface area contributed by atoms with E-state index in [-0.39, 0.29) is 25.1 Å². The quantitative estimate of drug-likeness (QED) is 0.191. The van der Waals surface area contributed by atoms with Crippen molar-refractivity contribution in [3.05, 3.63) is 56.8 Å². The van der Waals surface area contributed by atoms with Gasteiger partial charge in [-0.1, -0.05) is 59.8 Å². The second-order valence-electron chi connectivity index (χ2n) is 6.58. The highest BCUT2D eigenvalue weighted by Gasteiger charge is 2.27. The first-order valence-corrected chi connectivity index (χ1v) is 9.15. The van der Waals surface area contributed by atoms with Crippen molar-refractivity contribution < 1.29 is 14.3 Å². The van der Waals surface area contributed by atoms with Crippen molar-refractivity contribution >= 4 is 6.16 Å². The minimum atomic E-state index is -0.800. The Labute approximate surface area is 157 Å². The predicted octanol–water partition coefficient (Wildman–Crippen LogP) is 5.67. The fourth-order valence-corrected chi connectivity index (χ4v) is 3.37. The van der Waals surface area contributed by atoms with Crippen molar-refractivity contribution in [1.82, 2.24) is 0 Å². The maximum absolute atomic E-state index is 12.0. The molecule has 0 radical (unpaired) electrons. The molecule has 3 atom stereocenters. The molecule has 9 nitrogen and oxygen atoms in total. The summed E-state index contributed by atoms with van der Waals surface area (Å²) < 4.78 is 10.5. The van der Waals surface area contributed by atoms with E-state index in [2.05, 4.69) is 20.1 Å². The van der Waals surface area contributed by atoms with Crippen LogP contribution in [0.5, 0.6) is 0 Å². The number of azide groups is 2. The van der Waals surface area contributed by atoms with E-state index in [1.807, 2.05) is 30.3 Å². The Morgan fingerprint density at radius 2 is 1.93 bits per heavy atom. The summed E-state index contributed by atoms with van der Waals surface area (Å²) in [5.41, 5.74) is 18.3. The molecule has 0 aliphatic heterocycles. The topological polar surface area (TPSA) is 133 Å². The summed E-state index contributed by atoms with van der Waals surface area (Å²) in [5, 5.41) is 7.47. The van der Waals surface area contributed by atoms with E-state index < -0.39 is 12.3 Å². The summed E-state index contributed by atoms with van der Waals surface area (Å²) in [7, 11) is 0. The van der Waals surface area contributed by atoms with Gasteiger partial charge in [0, 0.05) is 15.9 Å². The number of rotatable bonds is 8. The van der Waals surface area contributed by atoms with E-state index in [4.69, 9.17) is 20.5 Å². The van der Waals surface area contributed by atoms with Gasteiger partial charge in [-0.05, 0) is 41.8 Å². The highest BCUT2D eigenvalue weighted by Crippen LogP contribution is 2.30. The number of ether oxygens (including phenoxy) is 2. The zero-order valence-electron chi connectivity index (χ0n) is 15.2. The molecule has 9 heteroatoms. The van der Waals surface area contributed by atoms with Crippen LogP contribution in [0.3, 0.4) is 0 Å². The molecule has 1 aliphatic rings. The maximum atomic E-state index is 12.0. The minimum Gasteiger partial charge on any atom is -0.431 e. The molecule has 0 spiro atoms. The van der Waals surface area contributed by atoms with Crippen LogP contribution < -0.4 is 0 Å². The second-order valence-corrected chi connectivity index (χ2v) is 6.58. The number of carbonyl (C=O) groups is 1. The van der Waals surface area contributed by atoms with E-state index in [1.54, 1.807) is 0 Å². The van der Waals surface area contributed by atoms with Crippen LogP contribution in [0.4, 0.5) is 4.79 Å². The molecule has 0 amide bonds. The summed E-state index contributed by atoms with van der Waals surface area (Å²) in [6.45, 7) is 0.134. The largest absolute Gasteiger partial charge is 0.508 e. The first-order valence-electron chi connectivity index (χ1n) is 9.15. The van der Waals surface area contributed by atoms with Crippen molar-refractivity contribution in [1.29, 1.82) is 0 Å². The van der Waals surface area contributed by atoms with Crippen LogP contribution in [0.15, 0.2) is 40.6 Å². The molecule has 0 saturated heterocycles. The van der Waals surface area contributed by atoms with Crippen LogP contribution in [0.1, 0.15) is 44.1 Å². The SMILES string of the molecule is [N-]=[N+]=NC[C@H](C[C@@H]1CCCCC[C@H]1N=[N+]=[N-])OC(=O)OCc1ccccc1. The van der Waals surface area contributed by atoms with Gasteiger partial charge >= 0.3 is 6.16 Å². The molecule has 1 aromatic rings. The van der Waals surface area contributed by atoms with E-state index in [9.17, 15) is 4.79 Å². The Hall–Kier alpha value is -2.89. The third-order valence-electron chi connectivity index (χ3n) is 4.70. The van der Waals surface area contributed by atoms with Crippen LogP contribution in [-0.2, 0) is 16.1 Å². The van der Waals surface area contributed by atoms with Crippen molar-refractivity contribution in [2.75, 3.05) is 6.54 Å². The molecule has 2 rings (SSSR count). The Kier molecular flexibility index (Phi) is 8.83. The first-order chi connectivity index (χ1) is 13.2. The van der Waals surface area contributed by atoms with Gasteiger partial charge in [-0.3, -0.25) is 0 Å². The number of benzene rings is 1. The van der Waals surface area contributed by atoms with E-state index in [0.29, 0.717) is 6.42 Å². The van der Waals surface area contributed by atoms with E-state index in [0.717, 1.165) is 37.7 Å². The van der Waals surface area contributed by atoms with Gasteiger partial charge in [-0.2, -0.15) is 0 Å². The molecule has 144 valence electrons. The fourth-order valence-electron chi connectivity index (χ4n) is 3.37. The highest BCUT2D eigenvalue weighted by molar-refractivity contribution is 5.60. The number of nitrogens with zero attached hydrogens (tertiary/aromatic N) is 6. The molecule has 0 aromatic heterocycles. The third-order valence-corrected chi connectivity index (χ3v) is 4.70.